The van der Waals surface area contributed by atoms with Crippen molar-refractivity contribution in [3.63, 3.8) is 0 Å². The third-order valence-electron chi connectivity index (χ3n) is 2.88. The van der Waals surface area contributed by atoms with Gasteiger partial charge in [0.1, 0.15) is 25.2 Å². The van der Waals surface area contributed by atoms with Crippen LogP contribution >= 0.6 is 11.6 Å². The maximum Gasteiger partial charge on any atom is 0.243 e. The smallest absolute Gasteiger partial charge is 0.243 e. The summed E-state index contributed by atoms with van der Waals surface area (Å²) >= 11 is 5.70. The van der Waals surface area contributed by atoms with Crippen LogP contribution in [-0.4, -0.2) is 26.6 Å². The number of aromatic nitrogens is 3. The maximum absolute atomic E-state index is 12.1. The van der Waals surface area contributed by atoms with Crippen LogP contribution in [0.4, 0.5) is 5.69 Å². The minimum absolute atomic E-state index is 0.0670. The van der Waals surface area contributed by atoms with Crippen LogP contribution in [0.15, 0.2) is 30.9 Å². The number of carbonyl (C=O) groups is 1. The number of rotatable bonds is 4. The summed E-state index contributed by atoms with van der Waals surface area (Å²) in [6.07, 6.45) is 3.01. The molecule has 1 heterocycles. The fraction of sp³-hybridized carbons (Fsp3) is 0.308. The van der Waals surface area contributed by atoms with E-state index in [4.69, 9.17) is 11.6 Å². The molecule has 100 valence electrons. The zero-order valence-electron chi connectivity index (χ0n) is 10.9. The highest BCUT2D eigenvalue weighted by molar-refractivity contribution is 6.29. The molecule has 6 heteroatoms. The van der Waals surface area contributed by atoms with Gasteiger partial charge in [0.15, 0.2) is 0 Å². The molecular formula is C13H15ClN4O. The molecule has 0 saturated carbocycles. The van der Waals surface area contributed by atoms with Gasteiger partial charge in [0.2, 0.25) is 5.91 Å². The third kappa shape index (κ3) is 2.93. The zero-order valence-corrected chi connectivity index (χ0v) is 11.6. The van der Waals surface area contributed by atoms with Gasteiger partial charge in [-0.05, 0) is 25.0 Å². The van der Waals surface area contributed by atoms with Gasteiger partial charge < -0.3 is 0 Å². The van der Waals surface area contributed by atoms with Gasteiger partial charge in [-0.2, -0.15) is 5.10 Å². The first-order chi connectivity index (χ1) is 9.13. The Bertz CT molecular complexity index is 548. The Morgan fingerprint density at radius 2 is 2.05 bits per heavy atom. The molecule has 1 amide bonds. The fourth-order valence-corrected chi connectivity index (χ4v) is 2.17. The Hall–Kier alpha value is -1.88. The van der Waals surface area contributed by atoms with Gasteiger partial charge >= 0.3 is 0 Å². The highest BCUT2D eigenvalue weighted by atomic mass is 35.5. The first kappa shape index (κ1) is 13.5. The molecular weight excluding hydrogens is 264 g/mol. The molecule has 0 spiro atoms. The van der Waals surface area contributed by atoms with Crippen LogP contribution in [0.1, 0.15) is 11.1 Å². The van der Waals surface area contributed by atoms with Crippen LogP contribution in [0, 0.1) is 13.8 Å². The second-order valence-electron chi connectivity index (χ2n) is 4.27. The third-order valence-corrected chi connectivity index (χ3v) is 3.11. The van der Waals surface area contributed by atoms with Crippen LogP contribution in [0.3, 0.4) is 0 Å². The number of hydrogen-bond acceptors (Lipinski definition) is 3. The van der Waals surface area contributed by atoms with Crippen molar-refractivity contribution < 1.29 is 4.79 Å². The molecule has 0 aliphatic carbocycles. The molecule has 0 fully saturated rings. The van der Waals surface area contributed by atoms with E-state index in [9.17, 15) is 4.79 Å². The molecule has 0 atom stereocenters. The number of nitrogens with zero attached hydrogens (tertiary/aromatic N) is 4. The molecule has 0 aliphatic rings. The highest BCUT2D eigenvalue weighted by Gasteiger charge is 2.19. The number of alkyl halides is 1. The average molecular weight is 279 g/mol. The van der Waals surface area contributed by atoms with Gasteiger partial charge in [0.05, 0.1) is 5.69 Å². The van der Waals surface area contributed by atoms with Crippen molar-refractivity contribution in [2.45, 2.75) is 20.5 Å². The number of benzene rings is 1. The molecule has 0 N–H and O–H groups in total. The SMILES string of the molecule is Cc1cccc(C)c1N(Cn1cncn1)C(=O)CCl. The predicted molar refractivity (Wildman–Crippen MR) is 74.1 cm³/mol. The van der Waals surface area contributed by atoms with E-state index in [-0.39, 0.29) is 11.8 Å². The quantitative estimate of drug-likeness (QED) is 0.805. The summed E-state index contributed by atoms with van der Waals surface area (Å²) < 4.78 is 1.59. The Morgan fingerprint density at radius 3 is 2.58 bits per heavy atom. The normalized spacial score (nSPS) is 10.5. The number of carbonyl (C=O) groups excluding carboxylic acids is 1. The van der Waals surface area contributed by atoms with E-state index >= 15 is 0 Å². The topological polar surface area (TPSA) is 51.0 Å². The number of para-hydroxylation sites is 1. The standard InChI is InChI=1S/C13H15ClN4O/c1-10-4-3-5-11(2)13(10)18(12(19)6-14)9-17-8-15-7-16-17/h3-5,7-8H,6,9H2,1-2H3. The van der Waals surface area contributed by atoms with Gasteiger partial charge in [-0.3, -0.25) is 9.69 Å². The highest BCUT2D eigenvalue weighted by Crippen LogP contribution is 2.25. The number of amides is 1. The maximum atomic E-state index is 12.1. The summed E-state index contributed by atoms with van der Waals surface area (Å²) in [5, 5.41) is 4.03. The molecule has 19 heavy (non-hydrogen) atoms. The lowest BCUT2D eigenvalue weighted by Gasteiger charge is -2.25. The van der Waals surface area contributed by atoms with Crippen molar-refractivity contribution in [3.8, 4) is 0 Å². The minimum Gasteiger partial charge on any atom is -0.291 e. The first-order valence-electron chi connectivity index (χ1n) is 5.88. The van der Waals surface area contributed by atoms with Gasteiger partial charge in [-0.25, -0.2) is 9.67 Å². The molecule has 2 rings (SSSR count). The minimum atomic E-state index is -0.158. The van der Waals surface area contributed by atoms with Gasteiger partial charge in [-0.15, -0.1) is 11.6 Å². The average Bonchev–Trinajstić information content (AvgIpc) is 2.89. The van der Waals surface area contributed by atoms with Gasteiger partial charge in [0, 0.05) is 0 Å². The van der Waals surface area contributed by atoms with Crippen LogP contribution in [-0.2, 0) is 11.5 Å². The Morgan fingerprint density at radius 1 is 1.37 bits per heavy atom. The molecule has 0 aliphatic heterocycles. The summed E-state index contributed by atoms with van der Waals surface area (Å²) in [4.78, 5) is 17.6. The summed E-state index contributed by atoms with van der Waals surface area (Å²) in [5.74, 6) is -0.225. The van der Waals surface area contributed by atoms with Crippen molar-refractivity contribution in [2.24, 2.45) is 0 Å². The van der Waals surface area contributed by atoms with Gasteiger partial charge in [0.25, 0.3) is 0 Å². The van der Waals surface area contributed by atoms with E-state index in [1.807, 2.05) is 32.0 Å². The summed E-state index contributed by atoms with van der Waals surface area (Å²) in [6.45, 7) is 4.24. The Labute approximate surface area is 116 Å². The molecule has 0 saturated heterocycles. The molecule has 0 bridgehead atoms. The van der Waals surface area contributed by atoms with Crippen molar-refractivity contribution >= 4 is 23.2 Å². The molecule has 2 aromatic rings. The van der Waals surface area contributed by atoms with Crippen LogP contribution < -0.4 is 4.90 Å². The van der Waals surface area contributed by atoms with Crippen LogP contribution in [0.5, 0.6) is 0 Å². The first-order valence-corrected chi connectivity index (χ1v) is 6.42. The molecule has 1 aromatic carbocycles. The Kier molecular flexibility index (Phi) is 4.16. The predicted octanol–water partition coefficient (Wildman–Crippen LogP) is 2.12. The molecule has 0 radical (unpaired) electrons. The van der Waals surface area contributed by atoms with Crippen molar-refractivity contribution in [1.29, 1.82) is 0 Å². The van der Waals surface area contributed by atoms with Gasteiger partial charge in [-0.1, -0.05) is 18.2 Å². The molecule has 0 unspecified atom stereocenters. The van der Waals surface area contributed by atoms with E-state index in [1.165, 1.54) is 6.33 Å². The lowest BCUT2D eigenvalue weighted by molar-refractivity contribution is -0.116. The number of aryl methyl sites for hydroxylation is 2. The summed E-state index contributed by atoms with van der Waals surface area (Å²) in [7, 11) is 0. The number of halogens is 1. The van der Waals surface area contributed by atoms with E-state index in [0.29, 0.717) is 6.67 Å². The lowest BCUT2D eigenvalue weighted by atomic mass is 10.1. The summed E-state index contributed by atoms with van der Waals surface area (Å²) in [5.41, 5.74) is 2.93. The van der Waals surface area contributed by atoms with E-state index in [1.54, 1.807) is 15.9 Å². The fourth-order valence-electron chi connectivity index (χ4n) is 2.03. The monoisotopic (exact) mass is 278 g/mol. The van der Waals surface area contributed by atoms with E-state index in [0.717, 1.165) is 16.8 Å². The van der Waals surface area contributed by atoms with Crippen LogP contribution in [0.25, 0.3) is 0 Å². The largest absolute Gasteiger partial charge is 0.291 e. The summed E-state index contributed by atoms with van der Waals surface area (Å²) in [6, 6.07) is 5.91. The number of hydrogen-bond donors (Lipinski definition) is 0. The van der Waals surface area contributed by atoms with E-state index < -0.39 is 0 Å². The second kappa shape index (κ2) is 5.84. The second-order valence-corrected chi connectivity index (χ2v) is 4.54. The lowest BCUT2D eigenvalue weighted by Crippen LogP contribution is -2.35. The van der Waals surface area contributed by atoms with Crippen molar-refractivity contribution in [2.75, 3.05) is 10.8 Å². The van der Waals surface area contributed by atoms with Crippen molar-refractivity contribution in [1.82, 2.24) is 14.8 Å². The van der Waals surface area contributed by atoms with Crippen LogP contribution in [0.2, 0.25) is 0 Å². The van der Waals surface area contributed by atoms with Crippen molar-refractivity contribution in [3.05, 3.63) is 42.0 Å². The molecule has 5 nitrogen and oxygen atoms in total. The molecule has 1 aromatic heterocycles. The van der Waals surface area contributed by atoms with E-state index in [2.05, 4.69) is 10.1 Å². The Balaban J connectivity index is 2.40. The zero-order chi connectivity index (χ0) is 13.8. The number of anilines is 1.